The Labute approximate surface area is 114 Å². The number of hydrogen-bond acceptors (Lipinski definition) is 4. The van der Waals surface area contributed by atoms with Crippen molar-refractivity contribution < 1.29 is 14.8 Å². The van der Waals surface area contributed by atoms with Crippen molar-refractivity contribution in [1.29, 1.82) is 0 Å². The summed E-state index contributed by atoms with van der Waals surface area (Å²) in [6.07, 6.45) is 4.16. The number of carbonyl (C=O) groups excluding carboxylic acids is 1. The van der Waals surface area contributed by atoms with E-state index in [1.807, 2.05) is 0 Å². The van der Waals surface area contributed by atoms with E-state index < -0.39 is 17.1 Å². The quantitative estimate of drug-likeness (QED) is 0.457. The minimum Gasteiger partial charge on any atom is -0.389 e. The van der Waals surface area contributed by atoms with E-state index in [2.05, 4.69) is 6.92 Å². The standard InChI is InChI=1S/C14H25NO4/c1-4-5-6-7-14(15(18)19)9-8-13(3,17)12(10-14)11(2)16/h12,17H,4-10H2,1-3H3/t12-,13+,14-/m1/s1. The number of carbonyl (C=O) groups is 1. The molecule has 0 aromatic carbocycles. The SMILES string of the molecule is CCCCC[C@@]1([N+](=O)[O-])CC[C@](C)(O)[C@@H](C(C)=O)C1. The maximum absolute atomic E-state index is 11.7. The van der Waals surface area contributed by atoms with Crippen LogP contribution in [0, 0.1) is 16.0 Å². The molecule has 1 aliphatic rings. The van der Waals surface area contributed by atoms with Crippen LogP contribution in [0.3, 0.4) is 0 Å². The summed E-state index contributed by atoms with van der Waals surface area (Å²) >= 11 is 0. The summed E-state index contributed by atoms with van der Waals surface area (Å²) in [5.41, 5.74) is -2.12. The van der Waals surface area contributed by atoms with E-state index in [0.29, 0.717) is 19.3 Å². The molecule has 5 heteroatoms. The lowest BCUT2D eigenvalue weighted by Crippen LogP contribution is -2.53. The van der Waals surface area contributed by atoms with E-state index in [1.165, 1.54) is 6.92 Å². The van der Waals surface area contributed by atoms with Crippen molar-refractivity contribution in [2.75, 3.05) is 0 Å². The second kappa shape index (κ2) is 5.99. The van der Waals surface area contributed by atoms with Crippen LogP contribution in [0.5, 0.6) is 0 Å². The summed E-state index contributed by atoms with van der Waals surface area (Å²) in [7, 11) is 0. The number of rotatable bonds is 6. The lowest BCUT2D eigenvalue weighted by molar-refractivity contribution is -0.579. The molecule has 19 heavy (non-hydrogen) atoms. The second-order valence-corrected chi connectivity index (χ2v) is 6.16. The van der Waals surface area contributed by atoms with Crippen LogP contribution < -0.4 is 0 Å². The van der Waals surface area contributed by atoms with Gasteiger partial charge in [0.2, 0.25) is 5.54 Å². The molecule has 0 heterocycles. The Morgan fingerprint density at radius 2 is 2.05 bits per heavy atom. The van der Waals surface area contributed by atoms with Crippen LogP contribution in [0.25, 0.3) is 0 Å². The summed E-state index contributed by atoms with van der Waals surface area (Å²) in [4.78, 5) is 22.9. The van der Waals surface area contributed by atoms with Gasteiger partial charge < -0.3 is 5.11 Å². The first-order valence-electron chi connectivity index (χ1n) is 7.12. The molecule has 0 spiro atoms. The molecule has 1 fully saturated rings. The topological polar surface area (TPSA) is 80.4 Å². The summed E-state index contributed by atoms with van der Waals surface area (Å²) in [5, 5.41) is 21.7. The van der Waals surface area contributed by atoms with Crippen molar-refractivity contribution in [3.05, 3.63) is 10.1 Å². The van der Waals surface area contributed by atoms with E-state index in [9.17, 15) is 20.0 Å². The maximum atomic E-state index is 11.7. The number of hydrogen-bond donors (Lipinski definition) is 1. The minimum absolute atomic E-state index is 0.147. The van der Waals surface area contributed by atoms with Gasteiger partial charge in [0.25, 0.3) is 0 Å². The van der Waals surface area contributed by atoms with Gasteiger partial charge in [-0.25, -0.2) is 0 Å². The van der Waals surface area contributed by atoms with E-state index in [1.54, 1.807) is 6.92 Å². The van der Waals surface area contributed by atoms with Gasteiger partial charge in [-0.3, -0.25) is 14.9 Å². The Balaban J connectivity index is 2.89. The molecule has 0 aliphatic heterocycles. The average molecular weight is 271 g/mol. The Morgan fingerprint density at radius 3 is 2.53 bits per heavy atom. The van der Waals surface area contributed by atoms with E-state index in [4.69, 9.17) is 0 Å². The van der Waals surface area contributed by atoms with Gasteiger partial charge in [0.15, 0.2) is 0 Å². The van der Waals surface area contributed by atoms with Gasteiger partial charge in [0.1, 0.15) is 5.78 Å². The Hall–Kier alpha value is -0.970. The second-order valence-electron chi connectivity index (χ2n) is 6.16. The smallest absolute Gasteiger partial charge is 0.223 e. The maximum Gasteiger partial charge on any atom is 0.223 e. The summed E-state index contributed by atoms with van der Waals surface area (Å²) < 4.78 is 0. The summed E-state index contributed by atoms with van der Waals surface area (Å²) in [5.74, 6) is -0.764. The lowest BCUT2D eigenvalue weighted by atomic mass is 9.65. The van der Waals surface area contributed by atoms with Crippen molar-refractivity contribution in [3.63, 3.8) is 0 Å². The zero-order chi connectivity index (χ0) is 14.7. The molecule has 0 bridgehead atoms. The van der Waals surface area contributed by atoms with Gasteiger partial charge in [-0.15, -0.1) is 0 Å². The molecule has 5 nitrogen and oxygen atoms in total. The fourth-order valence-electron chi connectivity index (χ4n) is 3.13. The lowest BCUT2D eigenvalue weighted by Gasteiger charge is -2.42. The third kappa shape index (κ3) is 3.53. The number of nitrogens with zero attached hydrogens (tertiary/aromatic N) is 1. The van der Waals surface area contributed by atoms with Crippen LogP contribution >= 0.6 is 0 Å². The monoisotopic (exact) mass is 271 g/mol. The fraction of sp³-hybridized carbons (Fsp3) is 0.929. The first-order chi connectivity index (χ1) is 8.75. The van der Waals surface area contributed by atoms with Gasteiger partial charge >= 0.3 is 0 Å². The molecule has 0 aromatic rings. The van der Waals surface area contributed by atoms with Gasteiger partial charge in [0, 0.05) is 24.2 Å². The van der Waals surface area contributed by atoms with Crippen LogP contribution in [0.4, 0.5) is 0 Å². The van der Waals surface area contributed by atoms with Crippen LogP contribution in [-0.2, 0) is 4.79 Å². The molecule has 1 rings (SSSR count). The molecule has 1 aliphatic carbocycles. The Kier molecular flexibility index (Phi) is 5.07. The zero-order valence-electron chi connectivity index (χ0n) is 12.1. The van der Waals surface area contributed by atoms with Gasteiger partial charge in [0.05, 0.1) is 11.5 Å². The first-order valence-corrected chi connectivity index (χ1v) is 7.12. The largest absolute Gasteiger partial charge is 0.389 e. The molecule has 0 amide bonds. The molecule has 1 saturated carbocycles. The number of Topliss-reactive ketones (excluding diaryl/α,β-unsaturated/α-hetero) is 1. The predicted molar refractivity (Wildman–Crippen MR) is 72.5 cm³/mol. The van der Waals surface area contributed by atoms with Gasteiger partial charge in [-0.1, -0.05) is 19.8 Å². The molecular formula is C14H25NO4. The number of unbranched alkanes of at least 4 members (excludes halogenated alkanes) is 2. The van der Waals surface area contributed by atoms with Crippen LogP contribution in [-0.4, -0.2) is 27.0 Å². The number of ketones is 1. The number of aliphatic hydroxyl groups is 1. The molecular weight excluding hydrogens is 246 g/mol. The highest BCUT2D eigenvalue weighted by molar-refractivity contribution is 5.79. The van der Waals surface area contributed by atoms with Gasteiger partial charge in [-0.2, -0.15) is 0 Å². The average Bonchev–Trinajstić information content (AvgIpc) is 2.30. The van der Waals surface area contributed by atoms with Crippen LogP contribution in [0.2, 0.25) is 0 Å². The zero-order valence-corrected chi connectivity index (χ0v) is 12.1. The molecule has 0 unspecified atom stereocenters. The highest BCUT2D eigenvalue weighted by Crippen LogP contribution is 2.43. The van der Waals surface area contributed by atoms with E-state index in [-0.39, 0.29) is 17.1 Å². The molecule has 3 atom stereocenters. The first kappa shape index (κ1) is 16.1. The van der Waals surface area contributed by atoms with Crippen LogP contribution in [0.1, 0.15) is 65.7 Å². The third-order valence-electron chi connectivity index (χ3n) is 4.55. The Morgan fingerprint density at radius 1 is 1.42 bits per heavy atom. The molecule has 0 aromatic heterocycles. The van der Waals surface area contributed by atoms with Crippen molar-refractivity contribution in [2.45, 2.75) is 76.9 Å². The van der Waals surface area contributed by atoms with Gasteiger partial charge in [-0.05, 0) is 26.7 Å². The molecule has 1 N–H and O–H groups in total. The van der Waals surface area contributed by atoms with Crippen molar-refractivity contribution >= 4 is 5.78 Å². The van der Waals surface area contributed by atoms with Crippen molar-refractivity contribution in [2.24, 2.45) is 5.92 Å². The summed E-state index contributed by atoms with van der Waals surface area (Å²) in [6.45, 7) is 5.10. The van der Waals surface area contributed by atoms with Crippen LogP contribution in [0.15, 0.2) is 0 Å². The molecule has 0 saturated heterocycles. The number of nitro groups is 1. The van der Waals surface area contributed by atoms with E-state index in [0.717, 1.165) is 19.3 Å². The molecule has 110 valence electrons. The predicted octanol–water partition coefficient (Wildman–Crippen LogP) is 2.72. The van der Waals surface area contributed by atoms with E-state index >= 15 is 0 Å². The summed E-state index contributed by atoms with van der Waals surface area (Å²) in [6, 6.07) is 0. The third-order valence-corrected chi connectivity index (χ3v) is 4.55. The normalized spacial score (nSPS) is 35.1. The minimum atomic E-state index is -1.10. The highest BCUT2D eigenvalue weighted by atomic mass is 16.6. The molecule has 0 radical (unpaired) electrons. The highest BCUT2D eigenvalue weighted by Gasteiger charge is 2.54. The fourth-order valence-corrected chi connectivity index (χ4v) is 3.13. The van der Waals surface area contributed by atoms with Crippen molar-refractivity contribution in [3.8, 4) is 0 Å². The Bertz CT molecular complexity index is 353. The van der Waals surface area contributed by atoms with Crippen molar-refractivity contribution in [1.82, 2.24) is 0 Å².